The summed E-state index contributed by atoms with van der Waals surface area (Å²) in [4.78, 5) is 0. The third-order valence-corrected chi connectivity index (χ3v) is 3.15. The van der Waals surface area contributed by atoms with Crippen molar-refractivity contribution in [1.29, 1.82) is 0 Å². The van der Waals surface area contributed by atoms with Crippen molar-refractivity contribution in [3.8, 4) is 0 Å². The quantitative estimate of drug-likeness (QED) is 0.373. The van der Waals surface area contributed by atoms with Gasteiger partial charge in [-0.15, -0.1) is 6.58 Å². The first-order valence-corrected chi connectivity index (χ1v) is 4.71. The van der Waals surface area contributed by atoms with Crippen LogP contribution in [-0.4, -0.2) is 16.4 Å². The van der Waals surface area contributed by atoms with Crippen molar-refractivity contribution in [3.05, 3.63) is 12.7 Å². The molecule has 0 aromatic heterocycles. The minimum absolute atomic E-state index is 0.121. The highest BCUT2D eigenvalue weighted by Gasteiger charge is 2.08. The van der Waals surface area contributed by atoms with Gasteiger partial charge in [0.25, 0.3) is 0 Å². The molecule has 0 aliphatic carbocycles. The minimum Gasteiger partial charge on any atom is -0.424 e. The molecule has 0 aromatic carbocycles. The fraction of sp³-hybridized carbons (Fsp3) is 0.667. The lowest BCUT2D eigenvalue weighted by molar-refractivity contribution is 0.282. The highest BCUT2D eigenvalue weighted by Crippen LogP contribution is 2.14. The van der Waals surface area contributed by atoms with Gasteiger partial charge >= 0.3 is 0 Å². The first kappa shape index (κ1) is 6.04. The van der Waals surface area contributed by atoms with Gasteiger partial charge in [0.05, 0.1) is 0 Å². The van der Waals surface area contributed by atoms with Gasteiger partial charge in [0.15, 0.2) is 9.76 Å². The summed E-state index contributed by atoms with van der Waals surface area (Å²) in [5.74, 6) is 0.787. The summed E-state index contributed by atoms with van der Waals surface area (Å²) >= 11 is 0. The van der Waals surface area contributed by atoms with Gasteiger partial charge < -0.3 is 4.43 Å². The first-order chi connectivity index (χ1) is 3.93. The average Bonchev–Trinajstić information content (AvgIpc) is 1.90. The molecule has 1 nitrogen and oxygen atoms in total. The Labute approximate surface area is 52.7 Å². The van der Waals surface area contributed by atoms with Crippen LogP contribution in [0.1, 0.15) is 6.42 Å². The van der Waals surface area contributed by atoms with Crippen LogP contribution < -0.4 is 0 Å². The van der Waals surface area contributed by atoms with E-state index < -0.39 is 0 Å². The van der Waals surface area contributed by atoms with Crippen molar-refractivity contribution in [2.75, 3.05) is 6.61 Å². The van der Waals surface area contributed by atoms with Gasteiger partial charge in [-0.05, 0) is 18.4 Å². The Balaban J connectivity index is 2.22. The van der Waals surface area contributed by atoms with Gasteiger partial charge in [-0.2, -0.15) is 0 Å². The number of allylic oxidation sites excluding steroid dienone is 1. The van der Waals surface area contributed by atoms with Gasteiger partial charge in [-0.3, -0.25) is 0 Å². The second-order valence-corrected chi connectivity index (χ2v) is 3.58. The normalized spacial score (nSPS) is 32.8. The molecule has 0 amide bonds. The van der Waals surface area contributed by atoms with Crippen molar-refractivity contribution in [1.82, 2.24) is 0 Å². The lowest BCUT2D eigenvalue weighted by Crippen LogP contribution is -2.15. The monoisotopic (exact) mass is 128 g/mol. The van der Waals surface area contributed by atoms with Gasteiger partial charge in [0.1, 0.15) is 0 Å². The van der Waals surface area contributed by atoms with Crippen LogP contribution in [-0.2, 0) is 4.43 Å². The highest BCUT2D eigenvalue weighted by molar-refractivity contribution is 6.27. The molecule has 1 rings (SSSR count). The largest absolute Gasteiger partial charge is 0.424 e. The van der Waals surface area contributed by atoms with Gasteiger partial charge in [-0.1, -0.05) is 6.08 Å². The van der Waals surface area contributed by atoms with Crippen molar-refractivity contribution in [2.24, 2.45) is 5.92 Å². The summed E-state index contributed by atoms with van der Waals surface area (Å²) in [6.45, 7) is 4.74. The summed E-state index contributed by atoms with van der Waals surface area (Å²) in [5.41, 5.74) is 0. The molecule has 1 atom stereocenters. The fourth-order valence-corrected chi connectivity index (χ4v) is 2.32. The molecule has 1 saturated heterocycles. The van der Waals surface area contributed by atoms with Crippen LogP contribution in [0.25, 0.3) is 0 Å². The zero-order valence-corrected chi connectivity index (χ0v) is 6.51. The van der Waals surface area contributed by atoms with E-state index in [1.165, 1.54) is 12.5 Å². The van der Waals surface area contributed by atoms with Crippen molar-refractivity contribution in [2.45, 2.75) is 12.5 Å². The Bertz CT molecular complexity index is 76.6. The summed E-state index contributed by atoms with van der Waals surface area (Å²) < 4.78 is 5.29. The molecule has 8 heavy (non-hydrogen) atoms. The van der Waals surface area contributed by atoms with Crippen LogP contribution in [0.4, 0.5) is 0 Å². The molecule has 0 aromatic rings. The molecule has 0 spiro atoms. The van der Waals surface area contributed by atoms with Crippen LogP contribution in [0.5, 0.6) is 0 Å². The van der Waals surface area contributed by atoms with E-state index in [0.29, 0.717) is 0 Å². The maximum Gasteiger partial charge on any atom is 0.162 e. The number of hydrogen-bond acceptors (Lipinski definition) is 1. The van der Waals surface area contributed by atoms with E-state index in [1.807, 2.05) is 0 Å². The van der Waals surface area contributed by atoms with Crippen molar-refractivity contribution < 1.29 is 4.43 Å². The predicted octanol–water partition coefficient (Wildman–Crippen LogP) is 0.711. The third-order valence-electron chi connectivity index (χ3n) is 1.60. The maximum absolute atomic E-state index is 5.29. The van der Waals surface area contributed by atoms with Gasteiger partial charge in [-0.25, -0.2) is 0 Å². The minimum atomic E-state index is -0.121. The zero-order valence-electron chi connectivity index (χ0n) is 5.10. The molecule has 1 aliphatic rings. The SMILES string of the molecule is C=CC1CCO[SiH2]C1. The zero-order chi connectivity index (χ0) is 5.82. The van der Waals surface area contributed by atoms with E-state index in [1.54, 1.807) is 0 Å². The van der Waals surface area contributed by atoms with E-state index in [-0.39, 0.29) is 9.76 Å². The van der Waals surface area contributed by atoms with E-state index in [9.17, 15) is 0 Å². The van der Waals surface area contributed by atoms with Crippen LogP contribution in [0.15, 0.2) is 12.7 Å². The Hall–Kier alpha value is -0.0831. The smallest absolute Gasteiger partial charge is 0.162 e. The number of hydrogen-bond donors (Lipinski definition) is 0. The molecule has 1 fully saturated rings. The molecular formula is C6H12OSi. The molecule has 0 bridgehead atoms. The molecule has 2 heteroatoms. The molecular weight excluding hydrogens is 116 g/mol. The third kappa shape index (κ3) is 1.45. The lowest BCUT2D eigenvalue weighted by atomic mass is 10.1. The van der Waals surface area contributed by atoms with Crippen LogP contribution in [0, 0.1) is 5.92 Å². The molecule has 1 aliphatic heterocycles. The van der Waals surface area contributed by atoms with Crippen LogP contribution in [0.2, 0.25) is 6.04 Å². The Kier molecular flexibility index (Phi) is 2.30. The standard InChI is InChI=1S/C6H12OSi/c1-2-6-3-4-7-8-5-6/h2,6H,1,3-5,8H2. The predicted molar refractivity (Wildman–Crippen MR) is 37.6 cm³/mol. The first-order valence-electron chi connectivity index (χ1n) is 3.14. The summed E-state index contributed by atoms with van der Waals surface area (Å²) in [7, 11) is -0.121. The second kappa shape index (κ2) is 3.05. The van der Waals surface area contributed by atoms with Crippen molar-refractivity contribution >= 4 is 9.76 Å². The van der Waals surface area contributed by atoms with Crippen LogP contribution >= 0.6 is 0 Å². The van der Waals surface area contributed by atoms with E-state index in [0.717, 1.165) is 12.5 Å². The number of rotatable bonds is 1. The Morgan fingerprint density at radius 1 is 1.75 bits per heavy atom. The molecule has 0 radical (unpaired) electrons. The summed E-state index contributed by atoms with van der Waals surface area (Å²) in [5, 5.41) is 0. The molecule has 1 unspecified atom stereocenters. The molecule has 0 saturated carbocycles. The highest BCUT2D eigenvalue weighted by atomic mass is 28.2. The molecule has 0 N–H and O–H groups in total. The topological polar surface area (TPSA) is 9.23 Å². The maximum atomic E-state index is 5.29. The van der Waals surface area contributed by atoms with Gasteiger partial charge in [0.2, 0.25) is 0 Å². The van der Waals surface area contributed by atoms with Crippen molar-refractivity contribution in [3.63, 3.8) is 0 Å². The lowest BCUT2D eigenvalue weighted by Gasteiger charge is -2.17. The molecule has 1 heterocycles. The van der Waals surface area contributed by atoms with Crippen LogP contribution in [0.3, 0.4) is 0 Å². The summed E-state index contributed by atoms with van der Waals surface area (Å²) in [6.07, 6.45) is 3.27. The Morgan fingerprint density at radius 2 is 2.62 bits per heavy atom. The second-order valence-electron chi connectivity index (χ2n) is 2.19. The van der Waals surface area contributed by atoms with E-state index in [2.05, 4.69) is 12.7 Å². The Morgan fingerprint density at radius 3 is 3.00 bits per heavy atom. The van der Waals surface area contributed by atoms with E-state index in [4.69, 9.17) is 4.43 Å². The fourth-order valence-electron chi connectivity index (χ4n) is 0.952. The van der Waals surface area contributed by atoms with Gasteiger partial charge in [0, 0.05) is 6.61 Å². The van der Waals surface area contributed by atoms with E-state index >= 15 is 0 Å². The molecule has 46 valence electrons. The average molecular weight is 128 g/mol. The summed E-state index contributed by atoms with van der Waals surface area (Å²) in [6, 6.07) is 1.31.